The molecule has 80 valence electrons. The third-order valence-corrected chi connectivity index (χ3v) is 2.65. The Kier molecular flexibility index (Phi) is 5.31. The first-order chi connectivity index (χ1) is 7.79. The summed E-state index contributed by atoms with van der Waals surface area (Å²) in [6.45, 7) is 1.43. The average Bonchev–Trinajstić information content (AvgIpc) is 2.32. The molecule has 0 bridgehead atoms. The number of benzene rings is 2. The van der Waals surface area contributed by atoms with Crippen molar-refractivity contribution >= 4 is 15.9 Å². The summed E-state index contributed by atoms with van der Waals surface area (Å²) in [5.74, 6) is 0. The van der Waals surface area contributed by atoms with Crippen LogP contribution in [-0.2, 0) is 0 Å². The Morgan fingerprint density at radius 3 is 2.00 bits per heavy atom. The van der Waals surface area contributed by atoms with Gasteiger partial charge in [-0.15, -0.1) is 0 Å². The van der Waals surface area contributed by atoms with E-state index in [4.69, 9.17) is 5.26 Å². The van der Waals surface area contributed by atoms with Crippen LogP contribution in [0.3, 0.4) is 0 Å². The van der Waals surface area contributed by atoms with Crippen LogP contribution in [0.2, 0.25) is 0 Å². The first kappa shape index (κ1) is 12.5. The Hall–Kier alpha value is -1.59. The number of rotatable bonds is 1. The lowest BCUT2D eigenvalue weighted by atomic mass is 10.1. The Morgan fingerprint density at radius 2 is 1.44 bits per heavy atom. The van der Waals surface area contributed by atoms with Crippen LogP contribution in [-0.4, -0.2) is 0 Å². The maximum atomic E-state index is 7.32. The Balaban J connectivity index is 0.000000386. The zero-order valence-corrected chi connectivity index (χ0v) is 10.6. The molecule has 0 aliphatic carbocycles. The zero-order chi connectivity index (χ0) is 11.8. The van der Waals surface area contributed by atoms with E-state index in [1.54, 1.807) is 6.07 Å². The van der Waals surface area contributed by atoms with Crippen molar-refractivity contribution in [2.45, 2.75) is 6.92 Å². The molecule has 0 amide bonds. The van der Waals surface area contributed by atoms with E-state index < -0.39 is 0 Å². The summed E-state index contributed by atoms with van der Waals surface area (Å²) < 4.78 is 1.14. The monoisotopic (exact) mass is 273 g/mol. The molecule has 0 unspecified atom stereocenters. The van der Waals surface area contributed by atoms with E-state index in [2.05, 4.69) is 52.3 Å². The van der Waals surface area contributed by atoms with Gasteiger partial charge in [-0.1, -0.05) is 64.5 Å². The quantitative estimate of drug-likeness (QED) is 0.742. The largest absolute Gasteiger partial charge is 0.199 e. The molecule has 0 saturated heterocycles. The fraction of sp³-hybridized carbons (Fsp3) is 0.0714. The van der Waals surface area contributed by atoms with Crippen molar-refractivity contribution in [2.24, 2.45) is 0 Å². The second-order valence-electron chi connectivity index (χ2n) is 3.07. The highest BCUT2D eigenvalue weighted by Gasteiger charge is 1.99. The number of nitrogens with zero attached hydrogens (tertiary/aromatic N) is 1. The van der Waals surface area contributed by atoms with Crippen molar-refractivity contribution in [3.05, 3.63) is 59.1 Å². The second-order valence-corrected chi connectivity index (χ2v) is 3.92. The van der Waals surface area contributed by atoms with Crippen molar-refractivity contribution in [3.8, 4) is 17.2 Å². The highest BCUT2D eigenvalue weighted by molar-refractivity contribution is 9.10. The Morgan fingerprint density at radius 1 is 0.938 bits per heavy atom. The van der Waals surface area contributed by atoms with Gasteiger partial charge in [0.05, 0.1) is 6.07 Å². The normalized spacial score (nSPS) is 8.56. The van der Waals surface area contributed by atoms with Gasteiger partial charge in [0.15, 0.2) is 0 Å². The molecular formula is C14H12BrN. The number of halogens is 1. The predicted octanol–water partition coefficient (Wildman–Crippen LogP) is 4.65. The van der Waals surface area contributed by atoms with Gasteiger partial charge in [0.1, 0.15) is 0 Å². The van der Waals surface area contributed by atoms with E-state index in [0.29, 0.717) is 0 Å². The molecule has 0 saturated carbocycles. The van der Waals surface area contributed by atoms with E-state index >= 15 is 0 Å². The maximum Gasteiger partial charge on any atom is 0.0587 e. The highest BCUT2D eigenvalue weighted by atomic mass is 79.9. The minimum atomic E-state index is 1.14. The van der Waals surface area contributed by atoms with Gasteiger partial charge in [-0.3, -0.25) is 0 Å². The summed E-state index contributed by atoms with van der Waals surface area (Å²) in [5, 5.41) is 7.32. The van der Waals surface area contributed by atoms with Crippen LogP contribution in [0.25, 0.3) is 11.1 Å². The van der Waals surface area contributed by atoms with Crippen LogP contribution >= 0.6 is 15.9 Å². The van der Waals surface area contributed by atoms with Crippen molar-refractivity contribution in [1.82, 2.24) is 0 Å². The number of hydrogen-bond acceptors (Lipinski definition) is 1. The second kappa shape index (κ2) is 6.81. The molecule has 0 heterocycles. The zero-order valence-electron chi connectivity index (χ0n) is 9.02. The van der Waals surface area contributed by atoms with Gasteiger partial charge in [0.25, 0.3) is 0 Å². The lowest BCUT2D eigenvalue weighted by Gasteiger charge is -2.02. The number of hydrogen-bond donors (Lipinski definition) is 0. The summed E-state index contributed by atoms with van der Waals surface area (Å²) in [6.07, 6.45) is 0. The maximum absolute atomic E-state index is 7.32. The molecule has 2 rings (SSSR count). The van der Waals surface area contributed by atoms with Gasteiger partial charge in [-0.2, -0.15) is 5.26 Å². The van der Waals surface area contributed by atoms with E-state index in [-0.39, 0.29) is 0 Å². The van der Waals surface area contributed by atoms with Gasteiger partial charge in [-0.05, 0) is 17.2 Å². The number of nitriles is 1. The molecular weight excluding hydrogens is 262 g/mol. The topological polar surface area (TPSA) is 23.8 Å². The van der Waals surface area contributed by atoms with Crippen LogP contribution in [0.1, 0.15) is 6.92 Å². The third-order valence-electron chi connectivity index (χ3n) is 1.96. The standard InChI is InChI=1S/C12H9Br.C2H3N/c13-12-9-5-4-8-11(12)10-6-2-1-3-7-10;1-2-3/h1-9H;1H3. The van der Waals surface area contributed by atoms with E-state index in [9.17, 15) is 0 Å². The highest BCUT2D eigenvalue weighted by Crippen LogP contribution is 2.27. The molecule has 0 aromatic heterocycles. The molecule has 2 heteroatoms. The van der Waals surface area contributed by atoms with Crippen molar-refractivity contribution in [1.29, 1.82) is 5.26 Å². The molecule has 2 aromatic carbocycles. The SMILES string of the molecule is Brc1ccccc1-c1ccccc1.CC#N. The Labute approximate surface area is 104 Å². The molecule has 1 nitrogen and oxygen atoms in total. The minimum absolute atomic E-state index is 1.14. The fourth-order valence-electron chi connectivity index (χ4n) is 1.31. The minimum Gasteiger partial charge on any atom is -0.199 e. The van der Waals surface area contributed by atoms with E-state index in [0.717, 1.165) is 4.47 Å². The Bertz CT molecular complexity index is 472. The van der Waals surface area contributed by atoms with Crippen molar-refractivity contribution < 1.29 is 0 Å². The molecule has 0 aliphatic heterocycles. The summed E-state index contributed by atoms with van der Waals surface area (Å²) in [5.41, 5.74) is 2.48. The van der Waals surface area contributed by atoms with Gasteiger partial charge in [-0.25, -0.2) is 0 Å². The molecule has 0 fully saturated rings. The van der Waals surface area contributed by atoms with Crippen LogP contribution < -0.4 is 0 Å². The van der Waals surface area contributed by atoms with Crippen molar-refractivity contribution in [3.63, 3.8) is 0 Å². The van der Waals surface area contributed by atoms with Crippen molar-refractivity contribution in [2.75, 3.05) is 0 Å². The lowest BCUT2D eigenvalue weighted by Crippen LogP contribution is -1.77. The fourth-order valence-corrected chi connectivity index (χ4v) is 1.83. The molecule has 2 aromatic rings. The van der Waals surface area contributed by atoms with Gasteiger partial charge in [0, 0.05) is 11.4 Å². The van der Waals surface area contributed by atoms with Gasteiger partial charge < -0.3 is 0 Å². The molecule has 0 radical (unpaired) electrons. The summed E-state index contributed by atoms with van der Waals surface area (Å²) in [7, 11) is 0. The first-order valence-corrected chi connectivity index (χ1v) is 5.69. The smallest absolute Gasteiger partial charge is 0.0587 e. The van der Waals surface area contributed by atoms with Crippen LogP contribution in [0.15, 0.2) is 59.1 Å². The van der Waals surface area contributed by atoms with E-state index in [1.807, 2.05) is 18.2 Å². The predicted molar refractivity (Wildman–Crippen MR) is 70.9 cm³/mol. The molecule has 16 heavy (non-hydrogen) atoms. The first-order valence-electron chi connectivity index (χ1n) is 4.90. The molecule has 0 atom stereocenters. The van der Waals surface area contributed by atoms with Gasteiger partial charge in [0.2, 0.25) is 0 Å². The molecule has 0 aliphatic rings. The lowest BCUT2D eigenvalue weighted by molar-refractivity contribution is 1.49. The average molecular weight is 274 g/mol. The van der Waals surface area contributed by atoms with Crippen LogP contribution in [0.5, 0.6) is 0 Å². The molecule has 0 N–H and O–H groups in total. The van der Waals surface area contributed by atoms with Crippen LogP contribution in [0, 0.1) is 11.3 Å². The third kappa shape index (κ3) is 3.52. The summed E-state index contributed by atoms with van der Waals surface area (Å²) in [6, 6.07) is 20.3. The summed E-state index contributed by atoms with van der Waals surface area (Å²) in [4.78, 5) is 0. The molecule has 0 spiro atoms. The van der Waals surface area contributed by atoms with Gasteiger partial charge >= 0.3 is 0 Å². The van der Waals surface area contributed by atoms with Crippen LogP contribution in [0.4, 0.5) is 0 Å². The summed E-state index contributed by atoms with van der Waals surface area (Å²) >= 11 is 3.53. The van der Waals surface area contributed by atoms with E-state index in [1.165, 1.54) is 18.1 Å².